The molecule has 0 spiro atoms. The van der Waals surface area contributed by atoms with Crippen LogP contribution in [0.15, 0.2) is 54.7 Å². The maximum atomic E-state index is 13.5. The largest absolute Gasteiger partial charge is 0.433 e. The van der Waals surface area contributed by atoms with E-state index in [-0.39, 0.29) is 36.2 Å². The number of aromatic nitrogens is 2. The first-order valence-corrected chi connectivity index (χ1v) is 12.2. The molecule has 2 atom stereocenters. The van der Waals surface area contributed by atoms with E-state index in [2.05, 4.69) is 15.6 Å². The van der Waals surface area contributed by atoms with Crippen LogP contribution in [0.2, 0.25) is 0 Å². The molecule has 1 aliphatic rings. The van der Waals surface area contributed by atoms with Gasteiger partial charge in [-0.25, -0.2) is 0 Å². The lowest BCUT2D eigenvalue weighted by Crippen LogP contribution is -2.32. The summed E-state index contributed by atoms with van der Waals surface area (Å²) in [5, 5.41) is 5.75. The van der Waals surface area contributed by atoms with Crippen LogP contribution in [0.25, 0.3) is 0 Å². The van der Waals surface area contributed by atoms with Crippen molar-refractivity contribution in [3.63, 3.8) is 0 Å². The Labute approximate surface area is 213 Å². The fraction of sp³-hybridized carbons (Fsp3) is 0.370. The zero-order valence-corrected chi connectivity index (χ0v) is 20.6. The Bertz CT molecular complexity index is 1260. The van der Waals surface area contributed by atoms with Crippen LogP contribution in [0.3, 0.4) is 0 Å². The molecular formula is C27H29F3N4O3. The lowest BCUT2D eigenvalue weighted by atomic mass is 10.0. The van der Waals surface area contributed by atoms with Gasteiger partial charge in [0.2, 0.25) is 0 Å². The second-order valence-electron chi connectivity index (χ2n) is 8.81. The number of alkyl halides is 3. The standard InChI is InChI=1S/C27H29F3N4O3/c1-3-20(17-9-6-5-7-10-17)32-25(35)19-15-22(34-13-14-37-16-23(19)34)26(36)33-21(4-2)18-11-8-12-31-24(18)27(28,29)30/h5-12,15,20-21H,3-4,13-14,16H2,1-2H3,(H,32,35)(H,33,36)/t20-,21?/m1/s1. The van der Waals surface area contributed by atoms with Gasteiger partial charge >= 0.3 is 6.18 Å². The van der Waals surface area contributed by atoms with E-state index in [1.54, 1.807) is 11.5 Å². The van der Waals surface area contributed by atoms with Crippen molar-refractivity contribution < 1.29 is 27.5 Å². The van der Waals surface area contributed by atoms with Crippen molar-refractivity contribution in [2.75, 3.05) is 6.61 Å². The maximum Gasteiger partial charge on any atom is 0.433 e. The number of carbonyl (C=O) groups excluding carboxylic acids is 2. The first-order valence-electron chi connectivity index (χ1n) is 12.2. The Morgan fingerprint density at radius 1 is 1.03 bits per heavy atom. The Balaban J connectivity index is 1.62. The zero-order chi connectivity index (χ0) is 26.6. The normalized spacial score (nSPS) is 14.9. The molecule has 3 aromatic rings. The highest BCUT2D eigenvalue weighted by atomic mass is 19.4. The van der Waals surface area contributed by atoms with Crippen molar-refractivity contribution in [2.24, 2.45) is 0 Å². The van der Waals surface area contributed by atoms with Gasteiger partial charge in [0, 0.05) is 18.3 Å². The van der Waals surface area contributed by atoms with Gasteiger partial charge in [-0.1, -0.05) is 50.2 Å². The molecule has 0 aliphatic carbocycles. The zero-order valence-electron chi connectivity index (χ0n) is 20.6. The summed E-state index contributed by atoms with van der Waals surface area (Å²) < 4.78 is 47.9. The Morgan fingerprint density at radius 2 is 1.73 bits per heavy atom. The second-order valence-corrected chi connectivity index (χ2v) is 8.81. The highest BCUT2D eigenvalue weighted by Crippen LogP contribution is 2.34. The summed E-state index contributed by atoms with van der Waals surface area (Å²) in [6.45, 7) is 4.50. The van der Waals surface area contributed by atoms with Crippen molar-refractivity contribution >= 4 is 11.8 Å². The molecule has 1 aliphatic heterocycles. The quantitative estimate of drug-likeness (QED) is 0.433. The van der Waals surface area contributed by atoms with E-state index >= 15 is 0 Å². The molecule has 10 heteroatoms. The number of halogens is 3. The average molecular weight is 515 g/mol. The molecule has 37 heavy (non-hydrogen) atoms. The molecule has 196 valence electrons. The third kappa shape index (κ3) is 5.69. The van der Waals surface area contributed by atoms with Crippen molar-refractivity contribution in [1.82, 2.24) is 20.2 Å². The number of amides is 2. The monoisotopic (exact) mass is 514 g/mol. The fourth-order valence-corrected chi connectivity index (χ4v) is 4.62. The van der Waals surface area contributed by atoms with Gasteiger partial charge in [-0.05, 0) is 30.5 Å². The van der Waals surface area contributed by atoms with E-state index in [1.165, 1.54) is 18.2 Å². The average Bonchev–Trinajstić information content (AvgIpc) is 3.30. The van der Waals surface area contributed by atoms with Gasteiger partial charge in [-0.2, -0.15) is 13.2 Å². The van der Waals surface area contributed by atoms with Crippen LogP contribution in [-0.4, -0.2) is 28.0 Å². The molecule has 0 bridgehead atoms. The number of nitrogens with zero attached hydrogens (tertiary/aromatic N) is 2. The van der Waals surface area contributed by atoms with E-state index in [4.69, 9.17) is 4.74 Å². The summed E-state index contributed by atoms with van der Waals surface area (Å²) in [4.78, 5) is 30.2. The number of hydrogen-bond acceptors (Lipinski definition) is 4. The van der Waals surface area contributed by atoms with Gasteiger partial charge in [-0.15, -0.1) is 0 Å². The second kappa shape index (κ2) is 11.2. The Morgan fingerprint density at radius 3 is 2.41 bits per heavy atom. The van der Waals surface area contributed by atoms with Crippen LogP contribution in [0.4, 0.5) is 13.2 Å². The summed E-state index contributed by atoms with van der Waals surface area (Å²) in [6, 6.07) is 12.7. The van der Waals surface area contributed by atoms with E-state index in [9.17, 15) is 22.8 Å². The highest BCUT2D eigenvalue weighted by Gasteiger charge is 2.37. The number of nitrogens with one attached hydrogen (secondary N) is 2. The number of carbonyl (C=O) groups is 2. The molecule has 0 saturated heterocycles. The first-order chi connectivity index (χ1) is 17.7. The lowest BCUT2D eigenvalue weighted by molar-refractivity contribution is -0.142. The molecule has 3 heterocycles. The van der Waals surface area contributed by atoms with Crippen LogP contribution in [0.1, 0.15) is 82.1 Å². The number of ether oxygens (including phenoxy) is 1. The third-order valence-corrected chi connectivity index (χ3v) is 6.50. The van der Waals surface area contributed by atoms with E-state index in [0.717, 1.165) is 11.8 Å². The minimum Gasteiger partial charge on any atom is -0.373 e. The molecular weight excluding hydrogens is 485 g/mol. The van der Waals surface area contributed by atoms with Crippen molar-refractivity contribution in [2.45, 2.75) is 58.1 Å². The molecule has 2 amide bonds. The molecule has 7 nitrogen and oxygen atoms in total. The van der Waals surface area contributed by atoms with Crippen LogP contribution in [0, 0.1) is 0 Å². The maximum absolute atomic E-state index is 13.5. The van der Waals surface area contributed by atoms with Gasteiger partial charge in [-0.3, -0.25) is 14.6 Å². The van der Waals surface area contributed by atoms with E-state index in [1.807, 2.05) is 37.3 Å². The molecule has 2 aromatic heterocycles. The molecule has 4 rings (SSSR count). The smallest absolute Gasteiger partial charge is 0.373 e. The van der Waals surface area contributed by atoms with Crippen molar-refractivity contribution in [1.29, 1.82) is 0 Å². The number of hydrogen-bond donors (Lipinski definition) is 2. The molecule has 0 radical (unpaired) electrons. The molecule has 0 saturated carbocycles. The van der Waals surface area contributed by atoms with Gasteiger partial charge < -0.3 is 19.9 Å². The molecule has 1 unspecified atom stereocenters. The van der Waals surface area contributed by atoms with Crippen molar-refractivity contribution in [3.8, 4) is 0 Å². The summed E-state index contributed by atoms with van der Waals surface area (Å²) in [6.07, 6.45) is -2.69. The summed E-state index contributed by atoms with van der Waals surface area (Å²) in [5.41, 5.74) is 0.896. The lowest BCUT2D eigenvalue weighted by Gasteiger charge is -2.23. The van der Waals surface area contributed by atoms with Gasteiger partial charge in [0.15, 0.2) is 0 Å². The number of benzene rings is 1. The Kier molecular flexibility index (Phi) is 7.97. The van der Waals surface area contributed by atoms with Gasteiger partial charge in [0.25, 0.3) is 11.8 Å². The summed E-state index contributed by atoms with van der Waals surface area (Å²) >= 11 is 0. The van der Waals surface area contributed by atoms with Gasteiger partial charge in [0.1, 0.15) is 11.4 Å². The number of rotatable bonds is 8. The Hall–Kier alpha value is -3.66. The number of pyridine rings is 1. The summed E-state index contributed by atoms with van der Waals surface area (Å²) in [5.74, 6) is -0.913. The van der Waals surface area contributed by atoms with Crippen LogP contribution >= 0.6 is 0 Å². The van der Waals surface area contributed by atoms with Crippen molar-refractivity contribution in [3.05, 3.63) is 88.5 Å². The SMILES string of the molecule is CCC(NC(=O)c1cc(C(=O)N[C@H](CC)c2ccccc2)c2n1CCOC2)c1cccnc1C(F)(F)F. The van der Waals surface area contributed by atoms with Crippen LogP contribution in [-0.2, 0) is 24.1 Å². The fourth-order valence-electron chi connectivity index (χ4n) is 4.62. The highest BCUT2D eigenvalue weighted by molar-refractivity contribution is 6.01. The topological polar surface area (TPSA) is 85.2 Å². The third-order valence-electron chi connectivity index (χ3n) is 6.50. The molecule has 1 aromatic carbocycles. The minimum atomic E-state index is -4.65. The van der Waals surface area contributed by atoms with E-state index < -0.39 is 23.8 Å². The predicted octanol–water partition coefficient (Wildman–Crippen LogP) is 5.19. The van der Waals surface area contributed by atoms with Gasteiger partial charge in [0.05, 0.1) is 36.6 Å². The summed E-state index contributed by atoms with van der Waals surface area (Å²) in [7, 11) is 0. The predicted molar refractivity (Wildman–Crippen MR) is 131 cm³/mol. The first kappa shape index (κ1) is 26.4. The molecule has 0 fully saturated rings. The number of fused-ring (bicyclic) bond motifs is 1. The van der Waals surface area contributed by atoms with E-state index in [0.29, 0.717) is 30.8 Å². The molecule has 2 N–H and O–H groups in total. The van der Waals surface area contributed by atoms with Crippen LogP contribution < -0.4 is 10.6 Å². The van der Waals surface area contributed by atoms with Crippen LogP contribution in [0.5, 0.6) is 0 Å². The minimum absolute atomic E-state index is 0.105.